The van der Waals surface area contributed by atoms with Crippen LogP contribution in [0.5, 0.6) is 0 Å². The van der Waals surface area contributed by atoms with E-state index in [0.717, 1.165) is 71.6 Å². The first-order valence-corrected chi connectivity index (χ1v) is 20.4. The van der Waals surface area contributed by atoms with E-state index < -0.39 is 30.2 Å². The Morgan fingerprint density at radius 1 is 0.371 bits per heavy atom. The van der Waals surface area contributed by atoms with E-state index in [-0.39, 0.29) is 23.0 Å². The summed E-state index contributed by atoms with van der Waals surface area (Å²) in [5.41, 5.74) is 11.2. The lowest BCUT2D eigenvalue weighted by Crippen LogP contribution is -2.02. The first-order chi connectivity index (χ1) is 32.8. The first kappa shape index (κ1) is 30.6. The Balaban J connectivity index is 1.15. The van der Waals surface area contributed by atoms with Crippen LogP contribution in [0.4, 0.5) is 0 Å². The van der Waals surface area contributed by atoms with Crippen LogP contribution in [0.25, 0.3) is 117 Å². The van der Waals surface area contributed by atoms with Crippen LogP contribution in [0.1, 0.15) is 6.85 Å². The molecule has 0 atom stereocenters. The van der Waals surface area contributed by atoms with E-state index in [1.54, 1.807) is 0 Å². The molecule has 0 unspecified atom stereocenters. The fraction of sp³-hybridized carbons (Fsp3) is 0. The second-order valence-electron chi connectivity index (χ2n) is 15.2. The maximum Gasteiger partial charge on any atom is 0.167 e. The Kier molecular flexibility index (Phi) is 7.25. The summed E-state index contributed by atoms with van der Waals surface area (Å²) in [6.07, 6.45) is 0. The average Bonchev–Trinajstić information content (AvgIpc) is 3.93. The predicted molar refractivity (Wildman–Crippen MR) is 254 cm³/mol. The van der Waals surface area contributed by atoms with E-state index in [1.165, 1.54) is 0 Å². The van der Waals surface area contributed by atoms with Gasteiger partial charge in [0.1, 0.15) is 11.2 Å². The highest BCUT2D eigenvalue weighted by atomic mass is 16.3. The number of nitrogens with zero attached hydrogens (tertiary/aromatic N) is 4. The highest BCUT2D eigenvalue weighted by molar-refractivity contribution is 6.13. The fourth-order valence-corrected chi connectivity index (χ4v) is 8.66. The average molecular weight is 798 g/mol. The van der Waals surface area contributed by atoms with Gasteiger partial charge in [-0.1, -0.05) is 182 Å². The molecule has 62 heavy (non-hydrogen) atoms. The maximum atomic E-state index is 9.04. The standard InChI is InChI=1S/C57H36N4O/c1-4-16-37(17-5-1)38-28-30-39(31-29-38)42-32-33-53-48(34-42)49-35-43(61-51-26-14-12-23-45(51)46-24-13-15-27-52(46)61)36-50(54(49)62-53)57-59-55(41-20-8-3-9-21-41)58-56(60-57)47-25-11-10-22-44(47)40-18-6-2-7-19-40/h1-36H/i3D,8D,9D,20D,21D. The highest BCUT2D eigenvalue weighted by Gasteiger charge is 2.23. The summed E-state index contributed by atoms with van der Waals surface area (Å²) < 4.78 is 52.8. The molecule has 9 aromatic carbocycles. The van der Waals surface area contributed by atoms with Gasteiger partial charge in [-0.25, -0.2) is 15.0 Å². The molecule has 0 spiro atoms. The van der Waals surface area contributed by atoms with Gasteiger partial charge in [0.2, 0.25) is 0 Å². The summed E-state index contributed by atoms with van der Waals surface area (Å²) in [6, 6.07) is 61.3. The van der Waals surface area contributed by atoms with Crippen molar-refractivity contribution in [3.8, 4) is 73.2 Å². The monoisotopic (exact) mass is 797 g/mol. The van der Waals surface area contributed by atoms with Crippen LogP contribution in [0.3, 0.4) is 0 Å². The third kappa shape index (κ3) is 6.06. The van der Waals surface area contributed by atoms with Crippen molar-refractivity contribution in [2.45, 2.75) is 0 Å². The summed E-state index contributed by atoms with van der Waals surface area (Å²) in [5, 5.41) is 3.91. The van der Waals surface area contributed by atoms with Crippen molar-refractivity contribution < 1.29 is 11.3 Å². The zero-order valence-corrected chi connectivity index (χ0v) is 33.1. The van der Waals surface area contributed by atoms with Crippen molar-refractivity contribution in [1.29, 1.82) is 0 Å². The number of fused-ring (bicyclic) bond motifs is 6. The van der Waals surface area contributed by atoms with E-state index >= 15 is 0 Å². The minimum absolute atomic E-state index is 0.0624. The zero-order chi connectivity index (χ0) is 45.3. The van der Waals surface area contributed by atoms with Crippen LogP contribution in [0.2, 0.25) is 0 Å². The molecule has 0 radical (unpaired) electrons. The quantitative estimate of drug-likeness (QED) is 0.161. The number of rotatable bonds is 7. The molecule has 12 aromatic rings. The molecule has 0 bridgehead atoms. The van der Waals surface area contributed by atoms with Crippen molar-refractivity contribution in [3.05, 3.63) is 218 Å². The predicted octanol–water partition coefficient (Wildman–Crippen LogP) is 14.9. The number of para-hydroxylation sites is 2. The molecule has 0 saturated carbocycles. The van der Waals surface area contributed by atoms with Gasteiger partial charge in [0.15, 0.2) is 17.5 Å². The summed E-state index contributed by atoms with van der Waals surface area (Å²) in [6.45, 7) is 0. The van der Waals surface area contributed by atoms with Crippen molar-refractivity contribution in [1.82, 2.24) is 19.5 Å². The molecule has 0 aliphatic rings. The zero-order valence-electron chi connectivity index (χ0n) is 38.1. The fourth-order valence-electron chi connectivity index (χ4n) is 8.66. The van der Waals surface area contributed by atoms with Crippen molar-refractivity contribution >= 4 is 43.7 Å². The minimum atomic E-state index is -0.503. The smallest absolute Gasteiger partial charge is 0.167 e. The minimum Gasteiger partial charge on any atom is -0.455 e. The Morgan fingerprint density at radius 3 is 1.60 bits per heavy atom. The van der Waals surface area contributed by atoms with Crippen LogP contribution in [0, 0.1) is 0 Å². The van der Waals surface area contributed by atoms with E-state index in [0.29, 0.717) is 22.3 Å². The Morgan fingerprint density at radius 2 is 0.903 bits per heavy atom. The SMILES string of the molecule is [2H]c1c([2H])c([2H])c(-c2nc(-c3ccccc3-c3ccccc3)nc(-c3cc(-n4c5ccccc5c5ccccc54)cc4c3oc3ccc(-c5ccc(-c6ccccc6)cc5)cc34)n2)c([2H])c1[2H]. The summed E-state index contributed by atoms with van der Waals surface area (Å²) in [7, 11) is 0. The van der Waals surface area contributed by atoms with Gasteiger partial charge in [-0.2, -0.15) is 0 Å². The van der Waals surface area contributed by atoms with E-state index in [2.05, 4.69) is 83.4 Å². The largest absolute Gasteiger partial charge is 0.455 e. The third-order valence-corrected chi connectivity index (χ3v) is 11.6. The van der Waals surface area contributed by atoms with Gasteiger partial charge in [-0.3, -0.25) is 0 Å². The van der Waals surface area contributed by atoms with Gasteiger partial charge in [0, 0.05) is 38.4 Å². The molecule has 5 nitrogen and oxygen atoms in total. The van der Waals surface area contributed by atoms with E-state index in [1.807, 2.05) is 109 Å². The lowest BCUT2D eigenvalue weighted by atomic mass is 9.98. The Bertz CT molecular complexity index is 3840. The van der Waals surface area contributed by atoms with E-state index in [4.69, 9.17) is 26.2 Å². The maximum absolute atomic E-state index is 9.04. The molecule has 0 aliphatic heterocycles. The van der Waals surface area contributed by atoms with Crippen molar-refractivity contribution in [2.24, 2.45) is 0 Å². The molecule has 0 saturated heterocycles. The van der Waals surface area contributed by atoms with Gasteiger partial charge in [0.25, 0.3) is 0 Å². The first-order valence-electron chi connectivity index (χ1n) is 22.9. The third-order valence-electron chi connectivity index (χ3n) is 11.6. The van der Waals surface area contributed by atoms with Crippen LogP contribution in [0.15, 0.2) is 223 Å². The summed E-state index contributed by atoms with van der Waals surface area (Å²) >= 11 is 0. The molecule has 0 amide bonds. The summed E-state index contributed by atoms with van der Waals surface area (Å²) in [4.78, 5) is 15.2. The summed E-state index contributed by atoms with van der Waals surface area (Å²) in [5.74, 6) is 0.407. The molecule has 0 N–H and O–H groups in total. The molecule has 0 aliphatic carbocycles. The molecular weight excluding hydrogens is 757 g/mol. The lowest BCUT2D eigenvalue weighted by molar-refractivity contribution is 0.669. The second-order valence-corrected chi connectivity index (χ2v) is 15.2. The molecule has 3 aromatic heterocycles. The van der Waals surface area contributed by atoms with Crippen molar-refractivity contribution in [2.75, 3.05) is 0 Å². The Labute approximate surface area is 364 Å². The highest BCUT2D eigenvalue weighted by Crippen LogP contribution is 2.42. The van der Waals surface area contributed by atoms with Gasteiger partial charge >= 0.3 is 0 Å². The van der Waals surface area contributed by atoms with Crippen molar-refractivity contribution in [3.63, 3.8) is 0 Å². The number of furan rings is 1. The number of aromatic nitrogens is 4. The topological polar surface area (TPSA) is 56.7 Å². The molecular formula is C57H36N4O. The number of benzene rings is 9. The Hall–Kier alpha value is -8.41. The molecule has 3 heterocycles. The van der Waals surface area contributed by atoms with Gasteiger partial charge in [-0.15, -0.1) is 0 Å². The van der Waals surface area contributed by atoms with Crippen LogP contribution < -0.4 is 0 Å². The molecule has 290 valence electrons. The van der Waals surface area contributed by atoms with Gasteiger partial charge in [-0.05, 0) is 69.8 Å². The van der Waals surface area contributed by atoms with Gasteiger partial charge in [0.05, 0.1) is 23.5 Å². The number of hydrogen-bond donors (Lipinski definition) is 0. The number of hydrogen-bond acceptors (Lipinski definition) is 4. The molecule has 12 rings (SSSR count). The van der Waals surface area contributed by atoms with Crippen LogP contribution in [-0.2, 0) is 0 Å². The van der Waals surface area contributed by atoms with Crippen LogP contribution >= 0.6 is 0 Å². The molecule has 0 fully saturated rings. The lowest BCUT2D eigenvalue weighted by Gasteiger charge is -2.14. The van der Waals surface area contributed by atoms with E-state index in [9.17, 15) is 0 Å². The second kappa shape index (κ2) is 14.7. The molecule has 5 heteroatoms. The van der Waals surface area contributed by atoms with Crippen LogP contribution in [-0.4, -0.2) is 19.5 Å². The van der Waals surface area contributed by atoms with Gasteiger partial charge < -0.3 is 8.98 Å². The normalized spacial score (nSPS) is 12.7.